The maximum absolute atomic E-state index is 13.2. The number of ether oxygens (including phenoxy) is 1. The third-order valence-corrected chi connectivity index (χ3v) is 4.22. The fourth-order valence-electron chi connectivity index (χ4n) is 1.93. The molecule has 23 heavy (non-hydrogen) atoms. The molecule has 7 heteroatoms. The van der Waals surface area contributed by atoms with Gasteiger partial charge in [0.25, 0.3) is 5.91 Å². The molecule has 2 rings (SSSR count). The number of carbonyl (C=O) groups excluding carboxylic acids is 2. The first-order valence-corrected chi connectivity index (χ1v) is 7.57. The van der Waals surface area contributed by atoms with E-state index >= 15 is 0 Å². The number of thiophene rings is 1. The topological polar surface area (TPSA) is 79.2 Å². The number of hydrogen-bond acceptors (Lipinski definition) is 5. The predicted molar refractivity (Wildman–Crippen MR) is 84.1 cm³/mol. The average Bonchev–Trinajstić information content (AvgIpc) is 2.83. The zero-order valence-electron chi connectivity index (χ0n) is 12.5. The Morgan fingerprint density at radius 2 is 2.17 bits per heavy atom. The summed E-state index contributed by atoms with van der Waals surface area (Å²) in [5.74, 6) is -1.64. The van der Waals surface area contributed by atoms with Gasteiger partial charge in [0.1, 0.15) is 21.8 Å². The van der Waals surface area contributed by atoms with Crippen LogP contribution in [0.5, 0.6) is 0 Å². The van der Waals surface area contributed by atoms with Crippen LogP contribution < -0.4 is 5.32 Å². The lowest BCUT2D eigenvalue weighted by atomic mass is 10.1. The van der Waals surface area contributed by atoms with E-state index in [9.17, 15) is 19.2 Å². The highest BCUT2D eigenvalue weighted by atomic mass is 32.1. The van der Waals surface area contributed by atoms with Crippen LogP contribution in [0.15, 0.2) is 24.3 Å². The number of rotatable bonds is 4. The monoisotopic (exact) mass is 332 g/mol. The van der Waals surface area contributed by atoms with Crippen LogP contribution in [0.1, 0.15) is 38.1 Å². The molecule has 0 aliphatic carbocycles. The average molecular weight is 332 g/mol. The van der Waals surface area contributed by atoms with Crippen molar-refractivity contribution in [3.05, 3.63) is 51.7 Å². The van der Waals surface area contributed by atoms with Crippen molar-refractivity contribution in [3.8, 4) is 6.07 Å². The fourth-order valence-corrected chi connectivity index (χ4v) is 2.98. The molecular weight excluding hydrogens is 319 g/mol. The molecule has 1 heterocycles. The summed E-state index contributed by atoms with van der Waals surface area (Å²) >= 11 is 0.963. The van der Waals surface area contributed by atoms with Crippen LogP contribution in [-0.2, 0) is 4.74 Å². The Labute approximate surface area is 136 Å². The molecule has 0 aliphatic heterocycles. The van der Waals surface area contributed by atoms with E-state index in [1.807, 2.05) is 6.07 Å². The van der Waals surface area contributed by atoms with Crippen LogP contribution in [-0.4, -0.2) is 18.5 Å². The van der Waals surface area contributed by atoms with Gasteiger partial charge in [-0.25, -0.2) is 9.18 Å². The van der Waals surface area contributed by atoms with Gasteiger partial charge in [-0.1, -0.05) is 6.07 Å². The molecule has 1 amide bonds. The Morgan fingerprint density at radius 1 is 1.43 bits per heavy atom. The lowest BCUT2D eigenvalue weighted by molar-refractivity contribution is 0.0531. The van der Waals surface area contributed by atoms with Gasteiger partial charge in [-0.2, -0.15) is 5.26 Å². The van der Waals surface area contributed by atoms with E-state index in [1.165, 1.54) is 18.2 Å². The second-order valence-corrected chi connectivity index (χ2v) is 5.58. The Balaban J connectivity index is 2.33. The van der Waals surface area contributed by atoms with Gasteiger partial charge in [0.05, 0.1) is 12.2 Å². The molecule has 1 aromatic heterocycles. The number of nitrogens with one attached hydrogen (secondary N) is 1. The van der Waals surface area contributed by atoms with Crippen LogP contribution >= 0.6 is 11.3 Å². The number of nitriles is 1. The van der Waals surface area contributed by atoms with Crippen LogP contribution in [0.25, 0.3) is 0 Å². The molecule has 0 bridgehead atoms. The van der Waals surface area contributed by atoms with E-state index in [4.69, 9.17) is 4.74 Å². The molecule has 0 spiro atoms. The van der Waals surface area contributed by atoms with E-state index in [0.717, 1.165) is 17.4 Å². The second-order valence-electron chi connectivity index (χ2n) is 4.56. The predicted octanol–water partition coefficient (Wildman–Crippen LogP) is 3.50. The first kappa shape index (κ1) is 16.6. The van der Waals surface area contributed by atoms with E-state index in [0.29, 0.717) is 5.56 Å². The van der Waals surface area contributed by atoms with Crippen LogP contribution in [0.2, 0.25) is 0 Å². The van der Waals surface area contributed by atoms with Gasteiger partial charge in [-0.05, 0) is 37.6 Å². The Bertz CT molecular complexity index is 808. The minimum atomic E-state index is -0.558. The van der Waals surface area contributed by atoms with E-state index in [-0.39, 0.29) is 27.6 Å². The standard InChI is InChI=1S/C16H13FN2O3S/c1-3-22-16(21)13-9(2)12(8-18)15(23-13)19-14(20)10-5-4-6-11(17)7-10/h4-7H,3H2,1-2H3,(H,19,20). The summed E-state index contributed by atoms with van der Waals surface area (Å²) in [5, 5.41) is 12.0. The van der Waals surface area contributed by atoms with Crippen molar-refractivity contribution in [3.63, 3.8) is 0 Å². The molecular formula is C16H13FN2O3S. The molecule has 2 aromatic rings. The van der Waals surface area contributed by atoms with Crippen molar-refractivity contribution in [2.24, 2.45) is 0 Å². The molecule has 0 saturated carbocycles. The minimum absolute atomic E-state index is 0.123. The fraction of sp³-hybridized carbons (Fsp3) is 0.188. The lowest BCUT2D eigenvalue weighted by Crippen LogP contribution is -2.11. The lowest BCUT2D eigenvalue weighted by Gasteiger charge is -2.03. The Kier molecular flexibility index (Phi) is 5.09. The smallest absolute Gasteiger partial charge is 0.348 e. The molecule has 0 unspecified atom stereocenters. The number of hydrogen-bond donors (Lipinski definition) is 1. The van der Waals surface area contributed by atoms with Gasteiger partial charge >= 0.3 is 5.97 Å². The Morgan fingerprint density at radius 3 is 2.78 bits per heavy atom. The first-order chi connectivity index (χ1) is 11.0. The van der Waals surface area contributed by atoms with Crippen molar-refractivity contribution in [1.29, 1.82) is 5.26 Å². The molecule has 5 nitrogen and oxygen atoms in total. The highest BCUT2D eigenvalue weighted by molar-refractivity contribution is 7.18. The maximum Gasteiger partial charge on any atom is 0.348 e. The van der Waals surface area contributed by atoms with Crippen molar-refractivity contribution in [2.45, 2.75) is 13.8 Å². The molecule has 0 aliphatic rings. The molecule has 0 saturated heterocycles. The summed E-state index contributed by atoms with van der Waals surface area (Å²) < 4.78 is 18.1. The van der Waals surface area contributed by atoms with Gasteiger partial charge in [0.2, 0.25) is 0 Å². The number of benzene rings is 1. The third-order valence-electron chi connectivity index (χ3n) is 3.03. The highest BCUT2D eigenvalue weighted by Gasteiger charge is 2.22. The first-order valence-electron chi connectivity index (χ1n) is 6.75. The van der Waals surface area contributed by atoms with Gasteiger partial charge in [0, 0.05) is 5.56 Å². The van der Waals surface area contributed by atoms with E-state index in [2.05, 4.69) is 5.32 Å². The van der Waals surface area contributed by atoms with Crippen molar-refractivity contribution in [2.75, 3.05) is 11.9 Å². The number of carbonyl (C=O) groups is 2. The van der Waals surface area contributed by atoms with Gasteiger partial charge in [0.15, 0.2) is 0 Å². The zero-order chi connectivity index (χ0) is 17.0. The van der Waals surface area contributed by atoms with E-state index in [1.54, 1.807) is 13.8 Å². The van der Waals surface area contributed by atoms with Gasteiger partial charge < -0.3 is 10.1 Å². The third kappa shape index (κ3) is 3.55. The largest absolute Gasteiger partial charge is 0.462 e. The molecule has 1 N–H and O–H groups in total. The highest BCUT2D eigenvalue weighted by Crippen LogP contribution is 2.33. The molecule has 0 radical (unpaired) electrons. The maximum atomic E-state index is 13.2. The molecule has 0 atom stereocenters. The van der Waals surface area contributed by atoms with Crippen LogP contribution in [0.3, 0.4) is 0 Å². The number of nitrogens with zero attached hydrogens (tertiary/aromatic N) is 1. The SMILES string of the molecule is CCOC(=O)c1sc(NC(=O)c2cccc(F)c2)c(C#N)c1C. The molecule has 118 valence electrons. The zero-order valence-corrected chi connectivity index (χ0v) is 13.3. The van der Waals surface area contributed by atoms with Gasteiger partial charge in [-0.3, -0.25) is 4.79 Å². The second kappa shape index (κ2) is 7.03. The van der Waals surface area contributed by atoms with Crippen LogP contribution in [0.4, 0.5) is 9.39 Å². The van der Waals surface area contributed by atoms with Crippen molar-refractivity contribution < 1.29 is 18.7 Å². The number of halogens is 1. The Hall–Kier alpha value is -2.72. The van der Waals surface area contributed by atoms with Crippen molar-refractivity contribution in [1.82, 2.24) is 0 Å². The quantitative estimate of drug-likeness (QED) is 0.869. The summed E-state index contributed by atoms with van der Waals surface area (Å²) in [4.78, 5) is 24.3. The van der Waals surface area contributed by atoms with Crippen LogP contribution in [0, 0.1) is 24.1 Å². The molecule has 1 aromatic carbocycles. The summed E-state index contributed by atoms with van der Waals surface area (Å²) in [6, 6.07) is 7.15. The normalized spacial score (nSPS) is 10.0. The summed E-state index contributed by atoms with van der Waals surface area (Å²) in [7, 11) is 0. The number of esters is 1. The van der Waals surface area contributed by atoms with Gasteiger partial charge in [-0.15, -0.1) is 11.3 Å². The molecule has 0 fully saturated rings. The summed E-state index contributed by atoms with van der Waals surface area (Å²) in [6.07, 6.45) is 0. The van der Waals surface area contributed by atoms with Crippen molar-refractivity contribution >= 4 is 28.2 Å². The minimum Gasteiger partial charge on any atom is -0.462 e. The number of anilines is 1. The summed E-state index contributed by atoms with van der Waals surface area (Å²) in [5.41, 5.74) is 0.769. The number of amides is 1. The van der Waals surface area contributed by atoms with E-state index < -0.39 is 17.7 Å². The summed E-state index contributed by atoms with van der Waals surface area (Å²) in [6.45, 7) is 3.50.